The van der Waals surface area contributed by atoms with E-state index in [0.29, 0.717) is 53.5 Å². The van der Waals surface area contributed by atoms with Crippen LogP contribution in [0, 0.1) is 29.0 Å². The summed E-state index contributed by atoms with van der Waals surface area (Å²) < 4.78 is 67.1. The number of alkyl carbamates (subject to hydrolysis) is 1. The van der Waals surface area contributed by atoms with Crippen LogP contribution in [0.4, 0.5) is 9.18 Å². The molecule has 0 spiro atoms. The average molecular weight is 918 g/mol. The number of carbonyl (C=O) groups excluding carboxylic acids is 4. The standard InChI is InChI=1S/C48H60FN5O10S/c1-27(2)63-40-16-11-30(21-37(40)49)38-22-31-20-33(61-6)12-15-36(31)43(50-38)64-34-23-39-42(55)52-48(45(57)53-65(59,60)35-13-14-35)24-32(48)10-8-7-9-28(3)19-29(4)41(44(56)54(39)25-34)51-46(58)62-26-47(5)17-18-47/h8,10-12,15-16,20-22,27-29,32,34-35,39,41H,7,9,13-14,17-19,23-26H2,1-6H3,(H,51,58)(H,52,55)(H,53,57)/b10-8-/t28-,29+,32?,34+,39-,41-,48+/m0/s1. The predicted molar refractivity (Wildman–Crippen MR) is 240 cm³/mol. The molecular weight excluding hydrogens is 858 g/mol. The molecule has 65 heavy (non-hydrogen) atoms. The molecule has 3 aliphatic carbocycles. The maximum Gasteiger partial charge on any atom is 0.407 e. The van der Waals surface area contributed by atoms with E-state index in [2.05, 4.69) is 22.3 Å². The summed E-state index contributed by atoms with van der Waals surface area (Å²) in [6, 6.07) is 9.38. The number of nitrogens with zero attached hydrogens (tertiary/aromatic N) is 2. The Hall–Kier alpha value is -5.45. The minimum atomic E-state index is -3.95. The molecule has 2 aromatic carbocycles. The summed E-state index contributed by atoms with van der Waals surface area (Å²) in [5.74, 6) is -2.53. The Morgan fingerprint density at radius 3 is 2.51 bits per heavy atom. The lowest BCUT2D eigenvalue weighted by atomic mass is 9.88. The van der Waals surface area contributed by atoms with Gasteiger partial charge in [-0.15, -0.1) is 0 Å². The maximum absolute atomic E-state index is 15.4. The van der Waals surface area contributed by atoms with E-state index in [1.807, 2.05) is 26.0 Å². The molecule has 7 atom stereocenters. The number of ether oxygens (including phenoxy) is 4. The van der Waals surface area contributed by atoms with Crippen molar-refractivity contribution in [3.63, 3.8) is 0 Å². The molecule has 2 aliphatic heterocycles. The number of fused-ring (bicyclic) bond motifs is 3. The van der Waals surface area contributed by atoms with Gasteiger partial charge < -0.3 is 34.5 Å². The summed E-state index contributed by atoms with van der Waals surface area (Å²) in [5.41, 5.74) is -0.841. The highest BCUT2D eigenvalue weighted by atomic mass is 32.2. The number of hydrogen-bond acceptors (Lipinski definition) is 11. The molecule has 4 fully saturated rings. The summed E-state index contributed by atoms with van der Waals surface area (Å²) >= 11 is 0. The third kappa shape index (κ3) is 10.3. The van der Waals surface area contributed by atoms with E-state index >= 15 is 9.18 Å². The highest BCUT2D eigenvalue weighted by Gasteiger charge is 2.62. The molecule has 17 heteroatoms. The molecule has 3 aromatic rings. The zero-order chi connectivity index (χ0) is 46.4. The van der Waals surface area contributed by atoms with Crippen molar-refractivity contribution in [1.82, 2.24) is 25.2 Å². The van der Waals surface area contributed by atoms with Crippen molar-refractivity contribution in [2.45, 2.75) is 127 Å². The Labute approximate surface area is 379 Å². The molecule has 5 aliphatic rings. The number of allylic oxidation sites excluding steroid dienone is 1. The molecule has 3 N–H and O–H groups in total. The summed E-state index contributed by atoms with van der Waals surface area (Å²) in [4.78, 5) is 63.5. The van der Waals surface area contributed by atoms with Gasteiger partial charge >= 0.3 is 6.09 Å². The number of carbonyl (C=O) groups is 4. The zero-order valence-electron chi connectivity index (χ0n) is 37.9. The van der Waals surface area contributed by atoms with Crippen molar-refractivity contribution in [2.75, 3.05) is 20.3 Å². The molecule has 1 unspecified atom stereocenters. The molecule has 1 aromatic heterocycles. The van der Waals surface area contributed by atoms with E-state index in [9.17, 15) is 22.8 Å². The lowest BCUT2D eigenvalue weighted by Crippen LogP contribution is -2.59. The predicted octanol–water partition coefficient (Wildman–Crippen LogP) is 6.58. The Bertz CT molecular complexity index is 2490. The maximum atomic E-state index is 15.4. The molecule has 8 rings (SSSR count). The van der Waals surface area contributed by atoms with E-state index < -0.39 is 74.5 Å². The van der Waals surface area contributed by atoms with Crippen LogP contribution in [0.1, 0.15) is 92.4 Å². The number of rotatable bonds is 12. The van der Waals surface area contributed by atoms with E-state index in [4.69, 9.17) is 23.9 Å². The van der Waals surface area contributed by atoms with Crippen LogP contribution in [0.25, 0.3) is 22.0 Å². The van der Waals surface area contributed by atoms with Crippen molar-refractivity contribution < 1.29 is 50.9 Å². The third-order valence-corrected chi connectivity index (χ3v) is 15.2. The Morgan fingerprint density at radius 2 is 1.82 bits per heavy atom. The first-order chi connectivity index (χ1) is 30.9. The van der Waals surface area contributed by atoms with Crippen LogP contribution in [0.15, 0.2) is 54.6 Å². The Balaban J connectivity index is 1.14. The second-order valence-corrected chi connectivity index (χ2v) is 21.4. The van der Waals surface area contributed by atoms with E-state index in [1.54, 1.807) is 51.3 Å². The fraction of sp³-hybridized carbons (Fsp3) is 0.562. The first kappa shape index (κ1) is 46.1. The quantitative estimate of drug-likeness (QED) is 0.167. The first-order valence-corrected chi connectivity index (χ1v) is 24.3. The van der Waals surface area contributed by atoms with Gasteiger partial charge in [-0.05, 0) is 125 Å². The second kappa shape index (κ2) is 18.1. The van der Waals surface area contributed by atoms with Gasteiger partial charge in [0.1, 0.15) is 29.5 Å². The number of aromatic nitrogens is 1. The van der Waals surface area contributed by atoms with Gasteiger partial charge in [0, 0.05) is 28.7 Å². The lowest BCUT2D eigenvalue weighted by Gasteiger charge is -2.32. The lowest BCUT2D eigenvalue weighted by molar-refractivity contribution is -0.142. The van der Waals surface area contributed by atoms with Crippen molar-refractivity contribution in [2.24, 2.45) is 23.2 Å². The molecular formula is C48H60FN5O10S. The molecule has 15 nitrogen and oxygen atoms in total. The van der Waals surface area contributed by atoms with Gasteiger partial charge in [0.05, 0.1) is 37.3 Å². The Morgan fingerprint density at radius 1 is 1.05 bits per heavy atom. The molecule has 0 bridgehead atoms. The molecule has 3 heterocycles. The molecule has 0 radical (unpaired) electrons. The minimum Gasteiger partial charge on any atom is -0.497 e. The molecule has 3 saturated carbocycles. The molecule has 1 saturated heterocycles. The smallest absolute Gasteiger partial charge is 0.407 e. The van der Waals surface area contributed by atoms with Crippen molar-refractivity contribution in [1.29, 1.82) is 0 Å². The monoisotopic (exact) mass is 917 g/mol. The fourth-order valence-electron chi connectivity index (χ4n) is 9.00. The van der Waals surface area contributed by atoms with Crippen LogP contribution in [0.3, 0.4) is 0 Å². The number of benzene rings is 2. The SMILES string of the molecule is COc1ccc2c(O[C@@H]3C[C@H]4C(=O)N[C@]5(C(=O)NS(=O)(=O)C6CC6)CC5/C=C\CC[C@H](C)C[C@@H](C)[C@H](NC(=O)OCC5(C)CC5)C(=O)N4C3)nc(-c3ccc(OC(C)C)c(F)c3)cc2c1. The minimum absolute atomic E-state index is 0.0458. The van der Waals surface area contributed by atoms with Gasteiger partial charge in [0.2, 0.25) is 27.7 Å². The van der Waals surface area contributed by atoms with Crippen LogP contribution in [-0.4, -0.2) is 97.5 Å². The van der Waals surface area contributed by atoms with Crippen molar-refractivity contribution in [3.05, 3.63) is 60.4 Å². The van der Waals surface area contributed by atoms with Gasteiger partial charge in [0.25, 0.3) is 5.91 Å². The first-order valence-electron chi connectivity index (χ1n) is 22.8. The van der Waals surface area contributed by atoms with Gasteiger partial charge in [-0.2, -0.15) is 0 Å². The Kier molecular flexibility index (Phi) is 12.8. The summed E-state index contributed by atoms with van der Waals surface area (Å²) in [6.45, 7) is 9.71. The van der Waals surface area contributed by atoms with E-state index in [0.717, 1.165) is 19.3 Å². The number of amides is 4. The second-order valence-electron chi connectivity index (χ2n) is 19.5. The zero-order valence-corrected chi connectivity index (χ0v) is 38.7. The summed E-state index contributed by atoms with van der Waals surface area (Å²) in [5, 5.41) is 6.35. The van der Waals surface area contributed by atoms with E-state index in [-0.39, 0.29) is 61.0 Å². The average Bonchev–Trinajstić information content (AvgIpc) is 4.20. The van der Waals surface area contributed by atoms with Gasteiger partial charge in [-0.1, -0.05) is 32.9 Å². The third-order valence-electron chi connectivity index (χ3n) is 13.4. The van der Waals surface area contributed by atoms with Crippen LogP contribution < -0.4 is 29.6 Å². The molecule has 4 amide bonds. The summed E-state index contributed by atoms with van der Waals surface area (Å²) in [7, 11) is -2.41. The number of nitrogens with one attached hydrogen (secondary N) is 3. The van der Waals surface area contributed by atoms with Crippen molar-refractivity contribution in [3.8, 4) is 28.6 Å². The van der Waals surface area contributed by atoms with Gasteiger partial charge in [-0.3, -0.25) is 19.1 Å². The number of pyridine rings is 1. The topological polar surface area (TPSA) is 192 Å². The largest absolute Gasteiger partial charge is 0.497 e. The fourth-order valence-corrected chi connectivity index (χ4v) is 10.4. The van der Waals surface area contributed by atoms with Gasteiger partial charge in [-0.25, -0.2) is 22.6 Å². The van der Waals surface area contributed by atoms with Gasteiger partial charge in [0.15, 0.2) is 11.6 Å². The van der Waals surface area contributed by atoms with Crippen molar-refractivity contribution >= 4 is 44.6 Å². The normalized spacial score (nSPS) is 28.2. The van der Waals surface area contributed by atoms with E-state index in [1.165, 1.54) is 17.0 Å². The molecule has 350 valence electrons. The van der Waals surface area contributed by atoms with Crippen LogP contribution in [-0.2, 0) is 29.1 Å². The highest BCUT2D eigenvalue weighted by molar-refractivity contribution is 7.91. The number of sulfonamides is 1. The van der Waals surface area contributed by atoms with Crippen LogP contribution >= 0.6 is 0 Å². The summed E-state index contributed by atoms with van der Waals surface area (Å²) in [6.07, 6.45) is 6.84. The van der Waals surface area contributed by atoms with Crippen LogP contribution in [0.5, 0.6) is 17.4 Å². The number of hydrogen-bond donors (Lipinski definition) is 3. The number of halogens is 1. The van der Waals surface area contributed by atoms with Crippen LogP contribution in [0.2, 0.25) is 0 Å². The highest BCUT2D eigenvalue weighted by Crippen LogP contribution is 2.47. The number of methoxy groups -OCH3 is 1.